The summed E-state index contributed by atoms with van der Waals surface area (Å²) in [5, 5.41) is 1.32. The van der Waals surface area contributed by atoms with Crippen molar-refractivity contribution in [3.63, 3.8) is 0 Å². The van der Waals surface area contributed by atoms with E-state index < -0.39 is 0 Å². The van der Waals surface area contributed by atoms with Crippen LogP contribution in [0.2, 0.25) is 10.0 Å². The summed E-state index contributed by atoms with van der Waals surface area (Å²) in [6.07, 6.45) is 1.27. The first-order valence-electron chi connectivity index (χ1n) is 9.46. The lowest BCUT2D eigenvalue weighted by Crippen LogP contribution is -2.34. The van der Waals surface area contributed by atoms with Crippen molar-refractivity contribution in [3.05, 3.63) is 63.9 Å². The number of benzene rings is 2. The number of nitrogens with zero attached hydrogens (tertiary/aromatic N) is 3. The zero-order chi connectivity index (χ0) is 20.3. The molecule has 148 valence electrons. The molecule has 0 spiro atoms. The second kappa shape index (κ2) is 8.97. The van der Waals surface area contributed by atoms with Gasteiger partial charge in [-0.3, -0.25) is 4.79 Å². The van der Waals surface area contributed by atoms with E-state index in [1.165, 1.54) is 0 Å². The fourth-order valence-electron chi connectivity index (χ4n) is 3.16. The van der Waals surface area contributed by atoms with Gasteiger partial charge in [-0.15, -0.1) is 0 Å². The molecule has 6 heteroatoms. The molecule has 0 saturated carbocycles. The van der Waals surface area contributed by atoms with Crippen molar-refractivity contribution < 1.29 is 4.79 Å². The van der Waals surface area contributed by atoms with Gasteiger partial charge in [0.2, 0.25) is 5.91 Å². The van der Waals surface area contributed by atoms with Gasteiger partial charge in [0.15, 0.2) is 0 Å². The molecule has 0 N–H and O–H groups in total. The summed E-state index contributed by atoms with van der Waals surface area (Å²) < 4.78 is 2.01. The number of hydrogen-bond acceptors (Lipinski definition) is 2. The van der Waals surface area contributed by atoms with Crippen molar-refractivity contribution in [2.24, 2.45) is 13.0 Å². The maximum absolute atomic E-state index is 13.0. The normalized spacial score (nSPS) is 11.4. The van der Waals surface area contributed by atoms with Crippen LogP contribution in [0.3, 0.4) is 0 Å². The van der Waals surface area contributed by atoms with Crippen molar-refractivity contribution in [1.29, 1.82) is 0 Å². The van der Waals surface area contributed by atoms with Crippen LogP contribution in [0.5, 0.6) is 0 Å². The standard InChI is InChI=1S/C22H25Cl2N3O/c1-15(2)9-10-27(22(28)12-16-5-4-6-17(23)11-16)14-21-25-19-8-7-18(24)13-20(19)26(21)3/h4-8,11,13,15H,9-10,12,14H2,1-3H3. The molecule has 0 fully saturated rings. The van der Waals surface area contributed by atoms with Crippen molar-refractivity contribution in [2.75, 3.05) is 6.54 Å². The molecule has 0 aliphatic heterocycles. The summed E-state index contributed by atoms with van der Waals surface area (Å²) in [6.45, 7) is 5.49. The van der Waals surface area contributed by atoms with Gasteiger partial charge in [-0.25, -0.2) is 4.98 Å². The largest absolute Gasteiger partial charge is 0.335 e. The van der Waals surface area contributed by atoms with E-state index in [9.17, 15) is 4.79 Å². The summed E-state index contributed by atoms with van der Waals surface area (Å²) in [5.41, 5.74) is 2.77. The average Bonchev–Trinajstić information content (AvgIpc) is 2.94. The molecule has 3 rings (SSSR count). The molecule has 0 atom stereocenters. The molecular weight excluding hydrogens is 393 g/mol. The lowest BCUT2D eigenvalue weighted by atomic mass is 10.1. The van der Waals surface area contributed by atoms with Crippen LogP contribution in [0.25, 0.3) is 11.0 Å². The van der Waals surface area contributed by atoms with Crippen LogP contribution < -0.4 is 0 Å². The maximum atomic E-state index is 13.0. The van der Waals surface area contributed by atoms with Gasteiger partial charge in [-0.2, -0.15) is 0 Å². The molecule has 4 nitrogen and oxygen atoms in total. The first kappa shape index (κ1) is 20.7. The third kappa shape index (κ3) is 5.06. The molecule has 1 aromatic heterocycles. The Morgan fingerprint density at radius 3 is 2.61 bits per heavy atom. The Balaban J connectivity index is 1.83. The van der Waals surface area contributed by atoms with Crippen molar-refractivity contribution >= 4 is 40.1 Å². The van der Waals surface area contributed by atoms with E-state index >= 15 is 0 Å². The summed E-state index contributed by atoms with van der Waals surface area (Å²) in [4.78, 5) is 19.7. The van der Waals surface area contributed by atoms with Gasteiger partial charge < -0.3 is 9.47 Å². The average molecular weight is 418 g/mol. The van der Waals surface area contributed by atoms with E-state index in [1.54, 1.807) is 0 Å². The summed E-state index contributed by atoms with van der Waals surface area (Å²) in [6, 6.07) is 13.1. The number of hydrogen-bond donors (Lipinski definition) is 0. The third-order valence-electron chi connectivity index (χ3n) is 4.84. The lowest BCUT2D eigenvalue weighted by molar-refractivity contribution is -0.131. The number of fused-ring (bicyclic) bond motifs is 1. The van der Waals surface area contributed by atoms with Gasteiger partial charge in [0, 0.05) is 23.6 Å². The van der Waals surface area contributed by atoms with Crippen LogP contribution in [0.4, 0.5) is 0 Å². The van der Waals surface area contributed by atoms with E-state index in [0.29, 0.717) is 35.5 Å². The Bertz CT molecular complexity index is 981. The number of imidazole rings is 1. The molecule has 0 unspecified atom stereocenters. The van der Waals surface area contributed by atoms with Crippen LogP contribution >= 0.6 is 23.2 Å². The van der Waals surface area contributed by atoms with Gasteiger partial charge in [0.1, 0.15) is 5.82 Å². The molecular formula is C22H25Cl2N3O. The fourth-order valence-corrected chi connectivity index (χ4v) is 3.54. The molecule has 0 aliphatic rings. The highest BCUT2D eigenvalue weighted by atomic mass is 35.5. The second-order valence-corrected chi connectivity index (χ2v) is 8.40. The van der Waals surface area contributed by atoms with Gasteiger partial charge in [-0.1, -0.05) is 49.2 Å². The SMILES string of the molecule is CC(C)CCN(Cc1nc2ccc(Cl)cc2n1C)C(=O)Cc1cccc(Cl)c1. The van der Waals surface area contributed by atoms with E-state index in [4.69, 9.17) is 28.2 Å². The Morgan fingerprint density at radius 2 is 1.89 bits per heavy atom. The minimum absolute atomic E-state index is 0.0769. The smallest absolute Gasteiger partial charge is 0.227 e. The van der Waals surface area contributed by atoms with Crippen molar-refractivity contribution in [1.82, 2.24) is 14.5 Å². The molecule has 1 amide bonds. The third-order valence-corrected chi connectivity index (χ3v) is 5.31. The van der Waals surface area contributed by atoms with Crippen LogP contribution in [-0.4, -0.2) is 26.9 Å². The van der Waals surface area contributed by atoms with Crippen LogP contribution in [0.1, 0.15) is 31.7 Å². The number of aryl methyl sites for hydroxylation is 1. The van der Waals surface area contributed by atoms with Gasteiger partial charge in [0.05, 0.1) is 24.0 Å². The zero-order valence-electron chi connectivity index (χ0n) is 16.5. The minimum Gasteiger partial charge on any atom is -0.335 e. The molecule has 0 saturated heterocycles. The maximum Gasteiger partial charge on any atom is 0.227 e. The lowest BCUT2D eigenvalue weighted by Gasteiger charge is -2.23. The van der Waals surface area contributed by atoms with Crippen LogP contribution in [-0.2, 0) is 24.8 Å². The van der Waals surface area contributed by atoms with Crippen LogP contribution in [0.15, 0.2) is 42.5 Å². The van der Waals surface area contributed by atoms with E-state index in [0.717, 1.165) is 28.8 Å². The second-order valence-electron chi connectivity index (χ2n) is 7.52. The number of halogens is 2. The highest BCUT2D eigenvalue weighted by Crippen LogP contribution is 2.21. The molecule has 2 aromatic carbocycles. The Labute approximate surface area is 176 Å². The topological polar surface area (TPSA) is 38.1 Å². The highest BCUT2D eigenvalue weighted by molar-refractivity contribution is 6.31. The van der Waals surface area contributed by atoms with E-state index in [1.807, 2.05) is 59.0 Å². The van der Waals surface area contributed by atoms with E-state index in [-0.39, 0.29) is 5.91 Å². The molecule has 3 aromatic rings. The first-order valence-corrected chi connectivity index (χ1v) is 10.2. The van der Waals surface area contributed by atoms with E-state index in [2.05, 4.69) is 13.8 Å². The summed E-state index contributed by atoms with van der Waals surface area (Å²) in [7, 11) is 1.96. The van der Waals surface area contributed by atoms with Gasteiger partial charge in [-0.05, 0) is 48.2 Å². The molecule has 1 heterocycles. The number of carbonyl (C=O) groups excluding carboxylic acids is 1. The highest BCUT2D eigenvalue weighted by Gasteiger charge is 2.18. The number of amides is 1. The predicted molar refractivity (Wildman–Crippen MR) is 116 cm³/mol. The number of carbonyl (C=O) groups is 1. The fraction of sp³-hybridized carbons (Fsp3) is 0.364. The summed E-state index contributed by atoms with van der Waals surface area (Å²) in [5.74, 6) is 1.44. The zero-order valence-corrected chi connectivity index (χ0v) is 18.0. The molecule has 0 bridgehead atoms. The number of rotatable bonds is 7. The quantitative estimate of drug-likeness (QED) is 0.508. The van der Waals surface area contributed by atoms with Crippen LogP contribution in [0, 0.1) is 5.92 Å². The molecule has 0 radical (unpaired) electrons. The molecule has 0 aliphatic carbocycles. The monoisotopic (exact) mass is 417 g/mol. The predicted octanol–water partition coefficient (Wildman–Crippen LogP) is 5.50. The van der Waals surface area contributed by atoms with Crippen molar-refractivity contribution in [2.45, 2.75) is 33.2 Å². The Hall–Kier alpha value is -2.04. The number of aromatic nitrogens is 2. The first-order chi connectivity index (χ1) is 13.3. The van der Waals surface area contributed by atoms with Gasteiger partial charge in [0.25, 0.3) is 0 Å². The molecule has 28 heavy (non-hydrogen) atoms. The Kier molecular flexibility index (Phi) is 6.63. The Morgan fingerprint density at radius 1 is 1.14 bits per heavy atom. The van der Waals surface area contributed by atoms with Crippen molar-refractivity contribution in [3.8, 4) is 0 Å². The summed E-state index contributed by atoms with van der Waals surface area (Å²) >= 11 is 12.2. The van der Waals surface area contributed by atoms with Gasteiger partial charge >= 0.3 is 0 Å². The minimum atomic E-state index is 0.0769.